The summed E-state index contributed by atoms with van der Waals surface area (Å²) in [4.78, 5) is 2.50. The molecule has 1 saturated heterocycles. The molecule has 0 N–H and O–H groups in total. The van der Waals surface area contributed by atoms with E-state index in [1.165, 1.54) is 32.1 Å². The summed E-state index contributed by atoms with van der Waals surface area (Å²) in [7, 11) is 0. The summed E-state index contributed by atoms with van der Waals surface area (Å²) in [5.41, 5.74) is 0.837. The van der Waals surface area contributed by atoms with Crippen molar-refractivity contribution >= 4 is 15.9 Å². The van der Waals surface area contributed by atoms with E-state index < -0.39 is 0 Å². The van der Waals surface area contributed by atoms with Gasteiger partial charge < -0.3 is 0 Å². The third-order valence-corrected chi connectivity index (χ3v) is 5.01. The van der Waals surface area contributed by atoms with E-state index in [1.54, 1.807) is 6.07 Å². The van der Waals surface area contributed by atoms with Gasteiger partial charge in [-0.05, 0) is 43.9 Å². The van der Waals surface area contributed by atoms with Crippen LogP contribution in [0.5, 0.6) is 0 Å². The van der Waals surface area contributed by atoms with Crippen LogP contribution >= 0.6 is 15.9 Å². The Morgan fingerprint density at radius 2 is 2.06 bits per heavy atom. The minimum absolute atomic E-state index is 0.0800. The van der Waals surface area contributed by atoms with Crippen molar-refractivity contribution in [3.05, 3.63) is 34.1 Å². The first-order chi connectivity index (χ1) is 8.74. The number of rotatable bonds is 2. The van der Waals surface area contributed by atoms with Gasteiger partial charge >= 0.3 is 0 Å². The lowest BCUT2D eigenvalue weighted by Gasteiger charge is -2.31. The third kappa shape index (κ3) is 2.48. The number of halogens is 2. The van der Waals surface area contributed by atoms with E-state index in [0.29, 0.717) is 6.04 Å². The van der Waals surface area contributed by atoms with Crippen molar-refractivity contribution in [1.29, 1.82) is 0 Å². The smallest absolute Gasteiger partial charge is 0.128 e. The zero-order chi connectivity index (χ0) is 12.5. The van der Waals surface area contributed by atoms with Gasteiger partial charge in [-0.2, -0.15) is 0 Å². The first kappa shape index (κ1) is 12.6. The molecule has 98 valence electrons. The molecule has 0 aromatic heterocycles. The third-order valence-electron chi connectivity index (χ3n) is 4.51. The highest BCUT2D eigenvalue weighted by molar-refractivity contribution is 9.10. The van der Waals surface area contributed by atoms with Gasteiger partial charge in [-0.1, -0.05) is 34.8 Å². The Labute approximate surface area is 116 Å². The molecule has 0 radical (unpaired) electrons. The first-order valence-electron chi connectivity index (χ1n) is 6.92. The Morgan fingerprint density at radius 1 is 1.22 bits per heavy atom. The van der Waals surface area contributed by atoms with Crippen LogP contribution in [0.15, 0.2) is 22.7 Å². The van der Waals surface area contributed by atoms with Crippen LogP contribution in [0.3, 0.4) is 0 Å². The van der Waals surface area contributed by atoms with Gasteiger partial charge in [0.15, 0.2) is 0 Å². The Hall–Kier alpha value is -0.410. The quantitative estimate of drug-likeness (QED) is 0.784. The van der Waals surface area contributed by atoms with Crippen LogP contribution in [0.25, 0.3) is 0 Å². The lowest BCUT2D eigenvalue weighted by atomic mass is 9.85. The van der Waals surface area contributed by atoms with Crippen LogP contribution in [0.2, 0.25) is 0 Å². The molecule has 3 rings (SSSR count). The molecule has 2 unspecified atom stereocenters. The maximum atomic E-state index is 13.9. The molecule has 2 fully saturated rings. The molecule has 2 aliphatic rings. The first-order valence-corrected chi connectivity index (χ1v) is 7.71. The van der Waals surface area contributed by atoms with Crippen LogP contribution in [-0.4, -0.2) is 17.5 Å². The largest absolute Gasteiger partial charge is 0.296 e. The molecule has 1 aromatic rings. The molecule has 18 heavy (non-hydrogen) atoms. The van der Waals surface area contributed by atoms with E-state index >= 15 is 0 Å². The highest BCUT2D eigenvalue weighted by Crippen LogP contribution is 2.37. The summed E-state index contributed by atoms with van der Waals surface area (Å²) >= 11 is 3.31. The maximum Gasteiger partial charge on any atom is 0.128 e. The minimum Gasteiger partial charge on any atom is -0.296 e. The number of benzene rings is 1. The summed E-state index contributed by atoms with van der Waals surface area (Å²) in [6.45, 7) is 1.92. The normalized spacial score (nSPS) is 28.3. The predicted octanol–water partition coefficient (Wildman–Crippen LogP) is 4.35. The maximum absolute atomic E-state index is 13.9. The monoisotopic (exact) mass is 311 g/mol. The van der Waals surface area contributed by atoms with Gasteiger partial charge in [-0.3, -0.25) is 4.90 Å². The van der Waals surface area contributed by atoms with E-state index in [4.69, 9.17) is 0 Å². The van der Waals surface area contributed by atoms with Gasteiger partial charge in [0.25, 0.3) is 0 Å². The van der Waals surface area contributed by atoms with Crippen molar-refractivity contribution < 1.29 is 4.39 Å². The van der Waals surface area contributed by atoms with Crippen molar-refractivity contribution in [2.24, 2.45) is 5.92 Å². The van der Waals surface area contributed by atoms with E-state index in [-0.39, 0.29) is 5.82 Å². The van der Waals surface area contributed by atoms with Crippen LogP contribution in [0, 0.1) is 11.7 Å². The van der Waals surface area contributed by atoms with Gasteiger partial charge in [0, 0.05) is 22.6 Å². The second-order valence-electron chi connectivity index (χ2n) is 5.61. The molecule has 0 amide bonds. The minimum atomic E-state index is -0.0800. The fourth-order valence-corrected chi connectivity index (χ4v) is 3.90. The van der Waals surface area contributed by atoms with E-state index in [1.807, 2.05) is 12.1 Å². The highest BCUT2D eigenvalue weighted by atomic mass is 79.9. The topological polar surface area (TPSA) is 3.24 Å². The average molecular weight is 312 g/mol. The number of likely N-dealkylation sites (tertiary alicyclic amines) is 1. The predicted molar refractivity (Wildman–Crippen MR) is 74.9 cm³/mol. The Kier molecular flexibility index (Phi) is 3.71. The number of hydrogen-bond acceptors (Lipinski definition) is 1. The molecule has 1 saturated carbocycles. The summed E-state index contributed by atoms with van der Waals surface area (Å²) in [6, 6.07) is 6.13. The van der Waals surface area contributed by atoms with Gasteiger partial charge in [0.05, 0.1) is 0 Å². The highest BCUT2D eigenvalue weighted by Gasteiger charge is 2.35. The summed E-state index contributed by atoms with van der Waals surface area (Å²) in [5.74, 6) is 0.792. The number of fused-ring (bicyclic) bond motifs is 1. The molecular formula is C15H19BrFN. The number of nitrogens with zero attached hydrogens (tertiary/aromatic N) is 1. The molecular weight excluding hydrogens is 293 g/mol. The molecule has 2 atom stereocenters. The fraction of sp³-hybridized carbons (Fsp3) is 0.600. The van der Waals surface area contributed by atoms with Gasteiger partial charge in [0.2, 0.25) is 0 Å². The molecule has 1 heterocycles. The van der Waals surface area contributed by atoms with Crippen molar-refractivity contribution in [3.63, 3.8) is 0 Å². The van der Waals surface area contributed by atoms with Crippen LogP contribution in [0.4, 0.5) is 4.39 Å². The van der Waals surface area contributed by atoms with Crippen molar-refractivity contribution in [2.45, 2.75) is 44.7 Å². The van der Waals surface area contributed by atoms with E-state index in [9.17, 15) is 4.39 Å². The van der Waals surface area contributed by atoms with Crippen LogP contribution in [-0.2, 0) is 6.54 Å². The summed E-state index contributed by atoms with van der Waals surface area (Å²) in [5, 5.41) is 0. The van der Waals surface area contributed by atoms with Crippen molar-refractivity contribution in [1.82, 2.24) is 4.90 Å². The molecule has 1 aromatic carbocycles. The second-order valence-corrected chi connectivity index (χ2v) is 6.52. The molecule has 0 spiro atoms. The lowest BCUT2D eigenvalue weighted by Crippen LogP contribution is -2.34. The molecule has 1 aliphatic carbocycles. The van der Waals surface area contributed by atoms with Gasteiger partial charge in [-0.25, -0.2) is 4.39 Å². The van der Waals surface area contributed by atoms with Gasteiger partial charge in [-0.15, -0.1) is 0 Å². The lowest BCUT2D eigenvalue weighted by molar-refractivity contribution is 0.174. The fourth-order valence-electron chi connectivity index (χ4n) is 3.57. The van der Waals surface area contributed by atoms with Crippen molar-refractivity contribution in [3.8, 4) is 0 Å². The molecule has 1 nitrogen and oxygen atoms in total. The Bertz CT molecular complexity index is 435. The van der Waals surface area contributed by atoms with Crippen molar-refractivity contribution in [2.75, 3.05) is 6.54 Å². The molecule has 3 heteroatoms. The summed E-state index contributed by atoms with van der Waals surface area (Å²) < 4.78 is 14.7. The van der Waals surface area contributed by atoms with E-state index in [2.05, 4.69) is 20.8 Å². The standard InChI is InChI=1S/C15H19BrFN/c16-13-6-5-12(14(17)9-13)10-18-8-7-11-3-1-2-4-15(11)18/h5-6,9,11,15H,1-4,7-8,10H2. The molecule has 0 bridgehead atoms. The number of hydrogen-bond donors (Lipinski definition) is 0. The average Bonchev–Trinajstić information content (AvgIpc) is 2.76. The van der Waals surface area contributed by atoms with Crippen LogP contribution in [0.1, 0.15) is 37.7 Å². The second kappa shape index (κ2) is 5.30. The molecule has 1 aliphatic heterocycles. The zero-order valence-corrected chi connectivity index (χ0v) is 12.1. The van der Waals surface area contributed by atoms with Crippen LogP contribution < -0.4 is 0 Å². The SMILES string of the molecule is Fc1cc(Br)ccc1CN1CCC2CCCCC21. The Morgan fingerprint density at radius 3 is 2.89 bits per heavy atom. The summed E-state index contributed by atoms with van der Waals surface area (Å²) in [6.07, 6.45) is 6.73. The van der Waals surface area contributed by atoms with E-state index in [0.717, 1.165) is 29.0 Å². The zero-order valence-electron chi connectivity index (χ0n) is 10.5. The van der Waals surface area contributed by atoms with Gasteiger partial charge in [0.1, 0.15) is 5.82 Å². The Balaban J connectivity index is 1.72.